The summed E-state index contributed by atoms with van der Waals surface area (Å²) < 4.78 is 0. The predicted octanol–water partition coefficient (Wildman–Crippen LogP) is 2.20. The third kappa shape index (κ3) is 8.18. The van der Waals surface area contributed by atoms with Crippen LogP contribution in [0, 0.1) is 5.92 Å². The molecule has 0 heterocycles. The van der Waals surface area contributed by atoms with E-state index < -0.39 is 29.5 Å². The van der Waals surface area contributed by atoms with Crippen molar-refractivity contribution in [3.63, 3.8) is 0 Å². The van der Waals surface area contributed by atoms with Crippen LogP contribution in [0.5, 0.6) is 0 Å². The van der Waals surface area contributed by atoms with E-state index in [1.54, 1.807) is 13.8 Å². The van der Waals surface area contributed by atoms with Crippen LogP contribution in [0.2, 0.25) is 0 Å². The normalized spacial score (nSPS) is 15.9. The molecule has 1 saturated carbocycles. The summed E-state index contributed by atoms with van der Waals surface area (Å²) in [5.74, 6) is -1.06. The van der Waals surface area contributed by atoms with Gasteiger partial charge in [0.2, 0.25) is 17.7 Å². The molecule has 2 aromatic carbocycles. The number of aliphatic hydroxyl groups excluding tert-OH is 1. The molecule has 0 bridgehead atoms. The number of hydrogen-bond donors (Lipinski definition) is 5. The topological polar surface area (TPSA) is 134 Å². The molecule has 0 aromatic heterocycles. The van der Waals surface area contributed by atoms with Gasteiger partial charge < -0.3 is 26.8 Å². The van der Waals surface area contributed by atoms with Gasteiger partial charge in [-0.25, -0.2) is 0 Å². The van der Waals surface area contributed by atoms with Crippen LogP contribution in [0.4, 0.5) is 0 Å². The molecule has 0 aliphatic heterocycles. The smallest absolute Gasteiger partial charge is 0.245 e. The molecule has 198 valence electrons. The first kappa shape index (κ1) is 29.5. The Bertz CT molecular complexity index is 1040. The van der Waals surface area contributed by atoms with E-state index in [0.717, 1.165) is 48.4 Å². The van der Waals surface area contributed by atoms with E-state index in [9.17, 15) is 19.5 Å². The summed E-state index contributed by atoms with van der Waals surface area (Å²) in [6.07, 6.45) is 4.23. The summed E-state index contributed by atoms with van der Waals surface area (Å²) in [5, 5.41) is 20.2. The number of nitrogens with one attached hydrogen (secondary N) is 3. The van der Waals surface area contributed by atoms with Crippen LogP contribution in [-0.2, 0) is 20.8 Å². The fourth-order valence-corrected chi connectivity index (χ4v) is 4.41. The van der Waals surface area contributed by atoms with Crippen molar-refractivity contribution in [2.75, 3.05) is 13.1 Å². The molecule has 3 rings (SSSR count). The van der Waals surface area contributed by atoms with Gasteiger partial charge in [0.05, 0.1) is 6.10 Å². The quantitative estimate of drug-likeness (QED) is 0.329. The number of rotatable bonds is 10. The van der Waals surface area contributed by atoms with E-state index >= 15 is 0 Å². The highest BCUT2D eigenvalue weighted by molar-refractivity contribution is 5.95. The van der Waals surface area contributed by atoms with Gasteiger partial charge in [-0.2, -0.15) is 0 Å². The number of amides is 3. The lowest BCUT2D eigenvalue weighted by Crippen LogP contribution is -2.60. The molecule has 6 N–H and O–H groups in total. The molecule has 0 radical (unpaired) electrons. The average Bonchev–Trinajstić information content (AvgIpc) is 2.86. The second-order valence-electron chi connectivity index (χ2n) is 10.00. The molecular weight excluding hydrogens is 480 g/mol. The van der Waals surface area contributed by atoms with Crippen LogP contribution in [0.25, 0.3) is 10.8 Å². The Morgan fingerprint density at radius 2 is 1.72 bits per heavy atom. The van der Waals surface area contributed by atoms with E-state index in [4.69, 9.17) is 5.73 Å². The summed E-state index contributed by atoms with van der Waals surface area (Å²) in [4.78, 5) is 39.0. The number of benzene rings is 2. The molecule has 9 heteroatoms. The molecule has 0 spiro atoms. The first-order valence-electron chi connectivity index (χ1n) is 12.5. The number of aliphatic hydroxyl groups is 1. The van der Waals surface area contributed by atoms with Crippen molar-refractivity contribution < 1.29 is 19.5 Å². The summed E-state index contributed by atoms with van der Waals surface area (Å²) in [5.41, 5.74) is 5.14. The Morgan fingerprint density at radius 3 is 2.39 bits per heavy atom. The second-order valence-corrected chi connectivity index (χ2v) is 10.00. The maximum absolute atomic E-state index is 13.2. The Labute approximate surface area is 219 Å². The maximum atomic E-state index is 13.2. The Hall–Kier alpha value is -2.68. The highest BCUT2D eigenvalue weighted by atomic mass is 35.5. The van der Waals surface area contributed by atoms with E-state index in [2.05, 4.69) is 16.0 Å². The zero-order valence-corrected chi connectivity index (χ0v) is 21.9. The first-order chi connectivity index (χ1) is 16.7. The minimum absolute atomic E-state index is 0. The van der Waals surface area contributed by atoms with Crippen LogP contribution in [0.15, 0.2) is 42.5 Å². The SMILES string of the molecule is CC(C)(NC(=O)C1CCCCC1)C(=O)N[C@H](Cc1ccc2ccccc2c1)C(=O)NCC(O)CN.Cl. The average molecular weight is 519 g/mol. The van der Waals surface area contributed by atoms with Crippen molar-refractivity contribution >= 4 is 40.9 Å². The van der Waals surface area contributed by atoms with Crippen molar-refractivity contribution in [1.82, 2.24) is 16.0 Å². The molecule has 2 aromatic rings. The van der Waals surface area contributed by atoms with Crippen LogP contribution in [0.3, 0.4) is 0 Å². The Kier molecular flexibility index (Phi) is 11.1. The molecule has 1 fully saturated rings. The predicted molar refractivity (Wildman–Crippen MR) is 144 cm³/mol. The number of hydrogen-bond acceptors (Lipinski definition) is 5. The molecule has 1 aliphatic carbocycles. The standard InChI is InChI=1S/C27H38N4O4.ClH/c1-27(2,31-24(33)20-9-4-3-5-10-20)26(35)30-23(25(34)29-17-22(32)16-28)15-18-12-13-19-8-6-7-11-21(19)14-18;/h6-8,11-14,20,22-23,32H,3-5,9-10,15-17,28H2,1-2H3,(H,29,34)(H,30,35)(H,31,33);1H/t22?,23-;/m1./s1. The lowest BCUT2D eigenvalue weighted by atomic mass is 9.88. The number of nitrogens with two attached hydrogens (primary N) is 1. The molecular formula is C27H39ClN4O4. The molecule has 3 amide bonds. The van der Waals surface area contributed by atoms with Gasteiger partial charge in [0, 0.05) is 25.4 Å². The van der Waals surface area contributed by atoms with Gasteiger partial charge in [0.1, 0.15) is 11.6 Å². The lowest BCUT2D eigenvalue weighted by molar-refractivity contribution is -0.136. The third-order valence-corrected chi connectivity index (χ3v) is 6.64. The Balaban J connectivity index is 0.00000456. The molecule has 36 heavy (non-hydrogen) atoms. The fraction of sp³-hybridized carbons (Fsp3) is 0.519. The second kappa shape index (κ2) is 13.6. The van der Waals surface area contributed by atoms with Gasteiger partial charge in [0.15, 0.2) is 0 Å². The Morgan fingerprint density at radius 1 is 1.06 bits per heavy atom. The first-order valence-corrected chi connectivity index (χ1v) is 12.5. The number of fused-ring (bicyclic) bond motifs is 1. The van der Waals surface area contributed by atoms with Gasteiger partial charge in [-0.1, -0.05) is 61.7 Å². The van der Waals surface area contributed by atoms with Crippen molar-refractivity contribution in [3.05, 3.63) is 48.0 Å². The zero-order valence-electron chi connectivity index (χ0n) is 21.1. The third-order valence-electron chi connectivity index (χ3n) is 6.64. The lowest BCUT2D eigenvalue weighted by Gasteiger charge is -2.31. The highest BCUT2D eigenvalue weighted by Gasteiger charge is 2.35. The zero-order chi connectivity index (χ0) is 25.4. The van der Waals surface area contributed by atoms with Crippen LogP contribution in [-0.4, -0.2) is 53.6 Å². The number of halogens is 1. The molecule has 2 atom stereocenters. The monoisotopic (exact) mass is 518 g/mol. The highest BCUT2D eigenvalue weighted by Crippen LogP contribution is 2.24. The van der Waals surface area contributed by atoms with Crippen molar-refractivity contribution in [3.8, 4) is 0 Å². The minimum Gasteiger partial charge on any atom is -0.390 e. The van der Waals surface area contributed by atoms with Crippen LogP contribution < -0.4 is 21.7 Å². The summed E-state index contributed by atoms with van der Waals surface area (Å²) in [7, 11) is 0. The van der Waals surface area contributed by atoms with Crippen molar-refractivity contribution in [1.29, 1.82) is 0 Å². The van der Waals surface area contributed by atoms with Gasteiger partial charge in [-0.15, -0.1) is 12.4 Å². The van der Waals surface area contributed by atoms with Crippen LogP contribution >= 0.6 is 12.4 Å². The minimum atomic E-state index is -1.19. The summed E-state index contributed by atoms with van der Waals surface area (Å²) in [6.45, 7) is 3.29. The fourth-order valence-electron chi connectivity index (χ4n) is 4.41. The molecule has 1 unspecified atom stereocenters. The van der Waals surface area contributed by atoms with E-state index in [1.807, 2.05) is 42.5 Å². The van der Waals surface area contributed by atoms with Gasteiger partial charge >= 0.3 is 0 Å². The summed E-state index contributed by atoms with van der Waals surface area (Å²) >= 11 is 0. The summed E-state index contributed by atoms with van der Waals surface area (Å²) in [6, 6.07) is 12.9. The van der Waals surface area contributed by atoms with E-state index in [1.165, 1.54) is 0 Å². The molecule has 0 saturated heterocycles. The largest absolute Gasteiger partial charge is 0.390 e. The number of carbonyl (C=O) groups excluding carboxylic acids is 3. The molecule has 8 nitrogen and oxygen atoms in total. The van der Waals surface area contributed by atoms with E-state index in [-0.39, 0.29) is 43.7 Å². The number of carbonyl (C=O) groups is 3. The van der Waals surface area contributed by atoms with Crippen molar-refractivity contribution in [2.24, 2.45) is 11.7 Å². The van der Waals surface area contributed by atoms with Gasteiger partial charge in [-0.3, -0.25) is 14.4 Å². The van der Waals surface area contributed by atoms with Gasteiger partial charge in [-0.05, 0) is 43.0 Å². The van der Waals surface area contributed by atoms with Crippen molar-refractivity contribution in [2.45, 2.75) is 70.1 Å². The molecule has 1 aliphatic rings. The van der Waals surface area contributed by atoms with Crippen LogP contribution in [0.1, 0.15) is 51.5 Å². The maximum Gasteiger partial charge on any atom is 0.245 e. The van der Waals surface area contributed by atoms with E-state index in [0.29, 0.717) is 0 Å². The van der Waals surface area contributed by atoms with Gasteiger partial charge in [0.25, 0.3) is 0 Å².